The second-order valence-corrected chi connectivity index (χ2v) is 7.72. The summed E-state index contributed by atoms with van der Waals surface area (Å²) >= 11 is 0. The molecule has 0 aromatic carbocycles. The summed E-state index contributed by atoms with van der Waals surface area (Å²) in [6, 6.07) is 0. The topological polar surface area (TPSA) is 72.1 Å². The molecule has 1 aliphatic heterocycles. The van der Waals surface area contributed by atoms with Gasteiger partial charge in [-0.05, 0) is 19.3 Å². The molecule has 1 amide bonds. The quantitative estimate of drug-likeness (QED) is 0.806. The Labute approximate surface area is 141 Å². The number of nitrogens with zero attached hydrogens (tertiary/aromatic N) is 4. The lowest BCUT2D eigenvalue weighted by Gasteiger charge is -2.16. The van der Waals surface area contributed by atoms with Crippen LogP contribution in [0, 0.1) is 0 Å². The van der Waals surface area contributed by atoms with Crippen molar-refractivity contribution in [2.75, 3.05) is 0 Å². The maximum Gasteiger partial charge on any atom is 0.276 e. The van der Waals surface area contributed by atoms with Crippen molar-refractivity contribution in [3.63, 3.8) is 0 Å². The van der Waals surface area contributed by atoms with E-state index in [1.165, 1.54) is 0 Å². The summed E-state index contributed by atoms with van der Waals surface area (Å²) in [6.45, 7) is 7.33. The number of hydrogen-bond acceptors (Lipinski definition) is 5. The van der Waals surface area contributed by atoms with Crippen LogP contribution in [0.1, 0.15) is 72.5 Å². The van der Waals surface area contributed by atoms with Crippen LogP contribution in [0.2, 0.25) is 0 Å². The van der Waals surface area contributed by atoms with Crippen molar-refractivity contribution in [1.82, 2.24) is 20.0 Å². The molecule has 0 N–H and O–H groups in total. The number of carbonyl (C=O) groups is 1. The molecule has 6 nitrogen and oxygen atoms in total. The van der Waals surface area contributed by atoms with Crippen LogP contribution in [-0.2, 0) is 31.3 Å². The Hall–Kier alpha value is -2.24. The molecule has 4 rings (SSSR count). The highest BCUT2D eigenvalue weighted by Crippen LogP contribution is 2.29. The van der Waals surface area contributed by atoms with Crippen LogP contribution in [0.3, 0.4) is 0 Å². The van der Waals surface area contributed by atoms with Crippen LogP contribution < -0.4 is 0 Å². The number of rotatable bonds is 1. The Kier molecular flexibility index (Phi) is 3.44. The monoisotopic (exact) mass is 326 g/mol. The van der Waals surface area contributed by atoms with E-state index in [4.69, 9.17) is 4.52 Å². The molecule has 0 spiro atoms. The summed E-state index contributed by atoms with van der Waals surface area (Å²) < 4.78 is 5.38. The number of hydrogen-bond donors (Lipinski definition) is 0. The Morgan fingerprint density at radius 2 is 2.00 bits per heavy atom. The standard InChI is InChI=1S/C18H22N4O2/c1-18(2,3)17-19-8-11-9-22(10-13(11)20-17)16(23)15-12-6-4-5-7-14(12)24-21-15/h8H,4-7,9-10H2,1-3H3. The first-order chi connectivity index (χ1) is 11.4. The second-order valence-electron chi connectivity index (χ2n) is 7.72. The third-order valence-electron chi connectivity index (χ3n) is 4.77. The maximum atomic E-state index is 12.9. The minimum absolute atomic E-state index is 0.0581. The van der Waals surface area contributed by atoms with Gasteiger partial charge in [-0.15, -0.1) is 0 Å². The fraction of sp³-hybridized carbons (Fsp3) is 0.556. The Bertz CT molecular complexity index is 804. The van der Waals surface area contributed by atoms with E-state index in [9.17, 15) is 4.79 Å². The van der Waals surface area contributed by atoms with Gasteiger partial charge in [-0.1, -0.05) is 25.9 Å². The Morgan fingerprint density at radius 1 is 1.21 bits per heavy atom. The molecule has 24 heavy (non-hydrogen) atoms. The highest BCUT2D eigenvalue weighted by Gasteiger charge is 2.32. The lowest BCUT2D eigenvalue weighted by Crippen LogP contribution is -2.27. The fourth-order valence-electron chi connectivity index (χ4n) is 3.36. The van der Waals surface area contributed by atoms with Crippen LogP contribution in [0.15, 0.2) is 10.7 Å². The molecule has 0 unspecified atom stereocenters. The molecular weight excluding hydrogens is 304 g/mol. The average molecular weight is 326 g/mol. The molecule has 2 aromatic rings. The Morgan fingerprint density at radius 3 is 2.79 bits per heavy atom. The van der Waals surface area contributed by atoms with Crippen molar-refractivity contribution >= 4 is 5.91 Å². The minimum atomic E-state index is -0.0996. The summed E-state index contributed by atoms with van der Waals surface area (Å²) in [7, 11) is 0. The summed E-state index contributed by atoms with van der Waals surface area (Å²) in [4.78, 5) is 23.8. The lowest BCUT2D eigenvalue weighted by molar-refractivity contribution is 0.0739. The third-order valence-corrected chi connectivity index (χ3v) is 4.77. The van der Waals surface area contributed by atoms with Gasteiger partial charge in [0.1, 0.15) is 11.6 Å². The van der Waals surface area contributed by atoms with Crippen molar-refractivity contribution in [3.8, 4) is 0 Å². The Balaban J connectivity index is 1.58. The van der Waals surface area contributed by atoms with Gasteiger partial charge in [0, 0.05) is 35.7 Å². The summed E-state index contributed by atoms with van der Waals surface area (Å²) in [5.41, 5.74) is 3.36. The second kappa shape index (κ2) is 5.40. The van der Waals surface area contributed by atoms with E-state index >= 15 is 0 Å². The molecule has 0 saturated heterocycles. The molecule has 0 fully saturated rings. The fourth-order valence-corrected chi connectivity index (χ4v) is 3.36. The first-order valence-corrected chi connectivity index (χ1v) is 8.55. The van der Waals surface area contributed by atoms with Crippen molar-refractivity contribution in [3.05, 3.63) is 40.3 Å². The van der Waals surface area contributed by atoms with E-state index < -0.39 is 0 Å². The molecule has 2 aromatic heterocycles. The van der Waals surface area contributed by atoms with Gasteiger partial charge in [-0.25, -0.2) is 9.97 Å². The molecule has 0 radical (unpaired) electrons. The number of carbonyl (C=O) groups excluding carboxylic acids is 1. The van der Waals surface area contributed by atoms with Gasteiger partial charge in [0.2, 0.25) is 0 Å². The van der Waals surface area contributed by atoms with E-state index in [0.29, 0.717) is 18.8 Å². The molecule has 2 aliphatic rings. The smallest absolute Gasteiger partial charge is 0.276 e. The van der Waals surface area contributed by atoms with E-state index in [-0.39, 0.29) is 11.3 Å². The number of aromatic nitrogens is 3. The van der Waals surface area contributed by atoms with Gasteiger partial charge in [0.05, 0.1) is 12.2 Å². The number of amides is 1. The zero-order valence-corrected chi connectivity index (χ0v) is 14.4. The number of fused-ring (bicyclic) bond motifs is 2. The van der Waals surface area contributed by atoms with Gasteiger partial charge >= 0.3 is 0 Å². The summed E-state index contributed by atoms with van der Waals surface area (Å²) in [5, 5.41) is 4.06. The van der Waals surface area contributed by atoms with E-state index in [1.54, 1.807) is 4.90 Å². The zero-order valence-electron chi connectivity index (χ0n) is 14.4. The number of aryl methyl sites for hydroxylation is 1. The highest BCUT2D eigenvalue weighted by atomic mass is 16.5. The van der Waals surface area contributed by atoms with Gasteiger partial charge in [-0.2, -0.15) is 0 Å². The van der Waals surface area contributed by atoms with Crippen LogP contribution in [0.25, 0.3) is 0 Å². The minimum Gasteiger partial charge on any atom is -0.360 e. The first-order valence-electron chi connectivity index (χ1n) is 8.55. The highest BCUT2D eigenvalue weighted by molar-refractivity contribution is 5.94. The molecule has 0 bridgehead atoms. The zero-order chi connectivity index (χ0) is 16.9. The van der Waals surface area contributed by atoms with Gasteiger partial charge in [0.15, 0.2) is 5.69 Å². The lowest BCUT2D eigenvalue weighted by atomic mass is 9.95. The van der Waals surface area contributed by atoms with Crippen molar-refractivity contribution in [1.29, 1.82) is 0 Å². The van der Waals surface area contributed by atoms with Crippen LogP contribution >= 0.6 is 0 Å². The maximum absolute atomic E-state index is 12.9. The normalized spacial score (nSPS) is 16.9. The van der Waals surface area contributed by atoms with Gasteiger partial charge < -0.3 is 9.42 Å². The molecular formula is C18H22N4O2. The van der Waals surface area contributed by atoms with Gasteiger partial charge in [-0.3, -0.25) is 4.79 Å². The average Bonchev–Trinajstić information content (AvgIpc) is 3.16. The summed E-state index contributed by atoms with van der Waals surface area (Å²) in [6.07, 6.45) is 5.82. The first kappa shape index (κ1) is 15.3. The van der Waals surface area contributed by atoms with E-state index in [2.05, 4.69) is 35.9 Å². The van der Waals surface area contributed by atoms with Crippen molar-refractivity contribution in [2.24, 2.45) is 0 Å². The van der Waals surface area contributed by atoms with Crippen LogP contribution in [0.5, 0.6) is 0 Å². The van der Waals surface area contributed by atoms with Crippen molar-refractivity contribution in [2.45, 2.75) is 65.0 Å². The largest absolute Gasteiger partial charge is 0.360 e. The molecule has 0 saturated carbocycles. The van der Waals surface area contributed by atoms with Crippen LogP contribution in [0.4, 0.5) is 0 Å². The predicted molar refractivity (Wildman–Crippen MR) is 87.5 cm³/mol. The van der Waals surface area contributed by atoms with Crippen molar-refractivity contribution < 1.29 is 9.32 Å². The summed E-state index contributed by atoms with van der Waals surface area (Å²) in [5.74, 6) is 1.64. The molecule has 1 aliphatic carbocycles. The molecule has 0 atom stereocenters. The predicted octanol–water partition coefficient (Wildman–Crippen LogP) is 2.80. The molecule has 3 heterocycles. The molecule has 126 valence electrons. The van der Waals surface area contributed by atoms with Gasteiger partial charge in [0.25, 0.3) is 5.91 Å². The molecule has 6 heteroatoms. The SMILES string of the molecule is CC(C)(C)c1ncc2c(n1)CN(C(=O)c1noc3c1CCCC3)C2. The van der Waals surface area contributed by atoms with E-state index in [1.807, 2.05) is 6.20 Å². The third kappa shape index (κ3) is 2.50. The van der Waals surface area contributed by atoms with Crippen LogP contribution in [-0.4, -0.2) is 25.9 Å². The van der Waals surface area contributed by atoms with E-state index in [0.717, 1.165) is 54.1 Å².